The van der Waals surface area contributed by atoms with Gasteiger partial charge in [-0.1, -0.05) is 0 Å². The Morgan fingerprint density at radius 3 is 2.50 bits per heavy atom. The molecule has 7 heteroatoms. The van der Waals surface area contributed by atoms with Crippen molar-refractivity contribution in [1.82, 2.24) is 10.6 Å². The molecule has 116 valence electrons. The summed E-state index contributed by atoms with van der Waals surface area (Å²) in [5, 5.41) is 5.18. The molecule has 1 aliphatic carbocycles. The van der Waals surface area contributed by atoms with Gasteiger partial charge in [-0.25, -0.2) is 4.79 Å². The first kappa shape index (κ1) is 14.5. The van der Waals surface area contributed by atoms with Crippen LogP contribution in [0.15, 0.2) is 24.3 Å². The summed E-state index contributed by atoms with van der Waals surface area (Å²) in [5.74, 6) is -0.475. The van der Waals surface area contributed by atoms with Crippen LogP contribution in [0.3, 0.4) is 0 Å². The summed E-state index contributed by atoms with van der Waals surface area (Å²) < 4.78 is 0. The van der Waals surface area contributed by atoms with Crippen LogP contribution in [0.25, 0.3) is 0 Å². The Labute approximate surface area is 127 Å². The van der Waals surface area contributed by atoms with Crippen LogP contribution in [0.5, 0.6) is 0 Å². The van der Waals surface area contributed by atoms with Crippen LogP contribution in [-0.4, -0.2) is 36.5 Å². The van der Waals surface area contributed by atoms with Crippen LogP contribution in [0.4, 0.5) is 10.5 Å². The highest BCUT2D eigenvalue weighted by Crippen LogP contribution is 2.20. The molecule has 0 spiro atoms. The van der Waals surface area contributed by atoms with Crippen molar-refractivity contribution in [2.24, 2.45) is 5.73 Å². The topological polar surface area (TPSA) is 105 Å². The normalized spacial score (nSPS) is 24.5. The van der Waals surface area contributed by atoms with Gasteiger partial charge >= 0.3 is 6.03 Å². The molecule has 1 heterocycles. The monoisotopic (exact) mass is 302 g/mol. The molecule has 0 unspecified atom stereocenters. The number of nitrogens with two attached hydrogens (primary N) is 1. The summed E-state index contributed by atoms with van der Waals surface area (Å²) in [7, 11) is 0. The van der Waals surface area contributed by atoms with E-state index in [0.29, 0.717) is 11.3 Å². The van der Waals surface area contributed by atoms with Crippen LogP contribution in [-0.2, 0) is 4.79 Å². The number of imide groups is 1. The number of hydrogen-bond donors (Lipinski definition) is 3. The summed E-state index contributed by atoms with van der Waals surface area (Å²) >= 11 is 0. The number of benzene rings is 1. The number of urea groups is 1. The predicted molar refractivity (Wildman–Crippen MR) is 80.4 cm³/mol. The predicted octanol–water partition coefficient (Wildman–Crippen LogP) is 0.352. The Hall–Kier alpha value is -2.41. The van der Waals surface area contributed by atoms with Crippen molar-refractivity contribution in [2.75, 3.05) is 11.4 Å². The minimum Gasteiger partial charge on any atom is -0.349 e. The van der Waals surface area contributed by atoms with E-state index in [1.54, 1.807) is 24.3 Å². The molecule has 1 saturated carbocycles. The fraction of sp³-hybridized carbons (Fsp3) is 0.400. The van der Waals surface area contributed by atoms with Gasteiger partial charge in [-0.2, -0.15) is 0 Å². The van der Waals surface area contributed by atoms with E-state index in [0.717, 1.165) is 19.3 Å². The van der Waals surface area contributed by atoms with E-state index in [9.17, 15) is 14.4 Å². The highest BCUT2D eigenvalue weighted by molar-refractivity contribution is 6.12. The molecule has 2 aliphatic rings. The molecule has 1 saturated heterocycles. The summed E-state index contributed by atoms with van der Waals surface area (Å²) in [6.07, 6.45) is 2.64. The van der Waals surface area contributed by atoms with Gasteiger partial charge < -0.3 is 11.1 Å². The standard InChI is InChI=1S/C15H18N4O3/c16-10-3-4-11(7-10)17-14(21)9-1-5-12(6-2-9)19-8-13(20)18-15(19)22/h1-2,5-6,10-11H,3-4,7-8,16H2,(H,17,21)(H,18,20,22)/t10-,11-/m1/s1. The summed E-state index contributed by atoms with van der Waals surface area (Å²) in [6.45, 7) is 0.00430. The van der Waals surface area contributed by atoms with Gasteiger partial charge in [0.1, 0.15) is 6.54 Å². The molecule has 1 aliphatic heterocycles. The summed E-state index contributed by atoms with van der Waals surface area (Å²) in [6, 6.07) is 6.47. The van der Waals surface area contributed by atoms with Crippen molar-refractivity contribution >= 4 is 23.5 Å². The maximum Gasteiger partial charge on any atom is 0.329 e. The molecule has 0 bridgehead atoms. The quantitative estimate of drug-likeness (QED) is 0.701. The van der Waals surface area contributed by atoms with Crippen molar-refractivity contribution in [3.8, 4) is 0 Å². The highest BCUT2D eigenvalue weighted by Gasteiger charge is 2.28. The fourth-order valence-electron chi connectivity index (χ4n) is 2.86. The number of rotatable bonds is 3. The lowest BCUT2D eigenvalue weighted by molar-refractivity contribution is -0.117. The SMILES string of the molecule is N[C@@H]1CC[C@@H](NC(=O)c2ccc(N3CC(=O)NC3=O)cc2)C1. The minimum absolute atomic E-state index is 0.00430. The Bertz CT molecular complexity index is 614. The second kappa shape index (κ2) is 5.76. The third-order valence-electron chi connectivity index (χ3n) is 4.04. The first-order chi connectivity index (χ1) is 10.5. The lowest BCUT2D eigenvalue weighted by Crippen LogP contribution is -2.34. The molecule has 3 rings (SSSR count). The van der Waals surface area contributed by atoms with Crippen LogP contribution < -0.4 is 21.3 Å². The van der Waals surface area contributed by atoms with E-state index in [2.05, 4.69) is 10.6 Å². The van der Waals surface area contributed by atoms with Gasteiger partial charge in [-0.15, -0.1) is 0 Å². The number of amides is 4. The Balaban J connectivity index is 1.65. The maximum absolute atomic E-state index is 12.2. The third kappa shape index (κ3) is 2.94. The molecule has 0 radical (unpaired) electrons. The van der Waals surface area contributed by atoms with E-state index in [1.165, 1.54) is 4.90 Å². The second-order valence-electron chi connectivity index (χ2n) is 5.73. The van der Waals surface area contributed by atoms with Crippen LogP contribution in [0.1, 0.15) is 29.6 Å². The summed E-state index contributed by atoms with van der Waals surface area (Å²) in [5.41, 5.74) is 6.94. The van der Waals surface area contributed by atoms with E-state index < -0.39 is 6.03 Å². The number of nitrogens with zero attached hydrogens (tertiary/aromatic N) is 1. The molecular formula is C15H18N4O3. The average molecular weight is 302 g/mol. The van der Waals surface area contributed by atoms with E-state index in [4.69, 9.17) is 5.73 Å². The number of hydrogen-bond acceptors (Lipinski definition) is 4. The first-order valence-corrected chi connectivity index (χ1v) is 7.31. The minimum atomic E-state index is -0.442. The molecule has 1 aromatic rings. The maximum atomic E-state index is 12.2. The van der Waals surface area contributed by atoms with E-state index in [-0.39, 0.29) is 30.4 Å². The van der Waals surface area contributed by atoms with Gasteiger partial charge in [-0.05, 0) is 43.5 Å². The van der Waals surface area contributed by atoms with E-state index >= 15 is 0 Å². The molecule has 0 aromatic heterocycles. The van der Waals surface area contributed by atoms with Crippen LogP contribution in [0, 0.1) is 0 Å². The van der Waals surface area contributed by atoms with Crippen molar-refractivity contribution in [2.45, 2.75) is 31.3 Å². The molecule has 2 atom stereocenters. The van der Waals surface area contributed by atoms with E-state index in [1.807, 2.05) is 0 Å². The molecule has 22 heavy (non-hydrogen) atoms. The van der Waals surface area contributed by atoms with Gasteiger partial charge in [-0.3, -0.25) is 19.8 Å². The number of nitrogens with one attached hydrogen (secondary N) is 2. The third-order valence-corrected chi connectivity index (χ3v) is 4.04. The molecule has 2 fully saturated rings. The zero-order chi connectivity index (χ0) is 15.7. The van der Waals surface area contributed by atoms with Crippen LogP contribution >= 0.6 is 0 Å². The van der Waals surface area contributed by atoms with Crippen molar-refractivity contribution in [3.05, 3.63) is 29.8 Å². The smallest absolute Gasteiger partial charge is 0.329 e. The van der Waals surface area contributed by atoms with Gasteiger partial charge in [0.15, 0.2) is 0 Å². The fourth-order valence-corrected chi connectivity index (χ4v) is 2.86. The molecule has 4 N–H and O–H groups in total. The number of anilines is 1. The van der Waals surface area contributed by atoms with Crippen LogP contribution in [0.2, 0.25) is 0 Å². The van der Waals surface area contributed by atoms with Crippen molar-refractivity contribution in [3.63, 3.8) is 0 Å². The zero-order valence-corrected chi connectivity index (χ0v) is 12.0. The summed E-state index contributed by atoms with van der Waals surface area (Å²) in [4.78, 5) is 36.2. The Kier molecular flexibility index (Phi) is 3.81. The molecule has 7 nitrogen and oxygen atoms in total. The zero-order valence-electron chi connectivity index (χ0n) is 12.0. The number of carbonyl (C=O) groups excluding carboxylic acids is 3. The van der Waals surface area contributed by atoms with Gasteiger partial charge in [0.25, 0.3) is 5.91 Å². The van der Waals surface area contributed by atoms with Gasteiger partial charge in [0, 0.05) is 23.3 Å². The first-order valence-electron chi connectivity index (χ1n) is 7.31. The largest absolute Gasteiger partial charge is 0.349 e. The Morgan fingerprint density at radius 1 is 1.23 bits per heavy atom. The average Bonchev–Trinajstić information content (AvgIpc) is 3.04. The van der Waals surface area contributed by atoms with Gasteiger partial charge in [0.05, 0.1) is 0 Å². The lowest BCUT2D eigenvalue weighted by Gasteiger charge is -2.15. The van der Waals surface area contributed by atoms with Crippen molar-refractivity contribution < 1.29 is 14.4 Å². The highest BCUT2D eigenvalue weighted by atomic mass is 16.2. The molecule has 4 amide bonds. The Morgan fingerprint density at radius 2 is 1.95 bits per heavy atom. The molecule has 1 aromatic carbocycles. The second-order valence-corrected chi connectivity index (χ2v) is 5.73. The number of carbonyl (C=O) groups is 3. The lowest BCUT2D eigenvalue weighted by atomic mass is 10.1. The molecular weight excluding hydrogens is 284 g/mol. The van der Waals surface area contributed by atoms with Crippen molar-refractivity contribution in [1.29, 1.82) is 0 Å². The van der Waals surface area contributed by atoms with Gasteiger partial charge in [0.2, 0.25) is 5.91 Å².